The molecule has 0 aliphatic heterocycles. The molecular formula is C30H29ClFN7O2. The van der Waals surface area contributed by atoms with E-state index in [1.165, 1.54) is 12.4 Å². The SMILES string of the molecule is CC(C)Oc1ccc(Cl)cc1C(=O)N[C@H]1CCC[C@@H](n2c(-c3ccccc3F)nc3cnc(-c4ncn[nH]4)cc32)C1. The summed E-state index contributed by atoms with van der Waals surface area (Å²) in [6.07, 6.45) is 6.18. The van der Waals surface area contributed by atoms with Gasteiger partial charge in [0.2, 0.25) is 0 Å². The van der Waals surface area contributed by atoms with Crippen LogP contribution in [0.1, 0.15) is 55.9 Å². The highest BCUT2D eigenvalue weighted by molar-refractivity contribution is 6.31. The normalized spacial score (nSPS) is 17.2. The number of imidazole rings is 1. The van der Waals surface area contributed by atoms with Crippen LogP contribution in [0, 0.1) is 5.82 Å². The van der Waals surface area contributed by atoms with Crippen LogP contribution in [0.2, 0.25) is 5.02 Å². The minimum absolute atomic E-state index is 0.0515. The first-order valence-corrected chi connectivity index (χ1v) is 14.0. The lowest BCUT2D eigenvalue weighted by Gasteiger charge is -2.32. The minimum atomic E-state index is -0.355. The van der Waals surface area contributed by atoms with E-state index >= 15 is 4.39 Å². The summed E-state index contributed by atoms with van der Waals surface area (Å²) in [5.74, 6) is 0.946. The van der Waals surface area contributed by atoms with Crippen molar-refractivity contribution >= 4 is 28.5 Å². The quantitative estimate of drug-likeness (QED) is 0.234. The molecule has 0 bridgehead atoms. The Labute approximate surface area is 241 Å². The highest BCUT2D eigenvalue weighted by Crippen LogP contribution is 2.37. The van der Waals surface area contributed by atoms with Gasteiger partial charge in [0.15, 0.2) is 5.82 Å². The Morgan fingerprint density at radius 3 is 2.80 bits per heavy atom. The van der Waals surface area contributed by atoms with Gasteiger partial charge in [-0.25, -0.2) is 14.4 Å². The fourth-order valence-electron chi connectivity index (χ4n) is 5.49. The number of ether oxygens (including phenoxy) is 1. The summed E-state index contributed by atoms with van der Waals surface area (Å²) in [5, 5.41) is 10.4. The first-order valence-electron chi connectivity index (χ1n) is 13.6. The standard InChI is InChI=1S/C30H29ClFN7O2/c1-17(2)41-27-11-10-18(31)12-22(27)30(40)36-19-6-5-7-20(13-19)39-26-14-24(28-34-16-35-38-28)33-15-25(26)37-29(39)21-8-3-4-9-23(21)32/h3-4,8-12,14-17,19-20H,5-7,13H2,1-2H3,(H,36,40)(H,34,35,38)/t19-,20+/m0/s1. The lowest BCUT2D eigenvalue weighted by Crippen LogP contribution is -2.39. The highest BCUT2D eigenvalue weighted by atomic mass is 35.5. The molecule has 1 amide bonds. The average Bonchev–Trinajstić information content (AvgIpc) is 3.62. The Balaban J connectivity index is 1.36. The van der Waals surface area contributed by atoms with E-state index in [-0.39, 0.29) is 29.9 Å². The predicted octanol–water partition coefficient (Wildman–Crippen LogP) is 6.38. The second kappa shape index (κ2) is 11.3. The third-order valence-electron chi connectivity index (χ3n) is 7.24. The fourth-order valence-corrected chi connectivity index (χ4v) is 5.66. The van der Waals surface area contributed by atoms with Crippen LogP contribution in [0.4, 0.5) is 4.39 Å². The summed E-state index contributed by atoms with van der Waals surface area (Å²) in [7, 11) is 0. The van der Waals surface area contributed by atoms with E-state index in [0.717, 1.165) is 24.8 Å². The van der Waals surface area contributed by atoms with Crippen LogP contribution in [-0.2, 0) is 0 Å². The van der Waals surface area contributed by atoms with Gasteiger partial charge in [0.25, 0.3) is 5.91 Å². The summed E-state index contributed by atoms with van der Waals surface area (Å²) in [6.45, 7) is 3.82. The van der Waals surface area contributed by atoms with Crippen molar-refractivity contribution in [2.24, 2.45) is 0 Å². The largest absolute Gasteiger partial charge is 0.490 e. The van der Waals surface area contributed by atoms with E-state index in [0.29, 0.717) is 51.2 Å². The van der Waals surface area contributed by atoms with Crippen LogP contribution >= 0.6 is 11.6 Å². The van der Waals surface area contributed by atoms with Crippen molar-refractivity contribution in [1.29, 1.82) is 0 Å². The number of nitrogens with one attached hydrogen (secondary N) is 2. The number of aromatic nitrogens is 6. The Morgan fingerprint density at radius 2 is 2.02 bits per heavy atom. The van der Waals surface area contributed by atoms with Gasteiger partial charge in [0.1, 0.15) is 34.9 Å². The van der Waals surface area contributed by atoms with Crippen molar-refractivity contribution in [1.82, 2.24) is 35.0 Å². The second-order valence-corrected chi connectivity index (χ2v) is 10.9. The first-order chi connectivity index (χ1) is 19.9. The number of carbonyl (C=O) groups excluding carboxylic acids is 1. The molecule has 0 saturated heterocycles. The number of carbonyl (C=O) groups is 1. The molecule has 2 N–H and O–H groups in total. The molecule has 1 aliphatic carbocycles. The number of rotatable bonds is 7. The second-order valence-electron chi connectivity index (χ2n) is 10.5. The number of nitrogens with zero attached hydrogens (tertiary/aromatic N) is 5. The summed E-state index contributed by atoms with van der Waals surface area (Å²) in [5.41, 5.74) is 2.87. The molecule has 9 nitrogen and oxygen atoms in total. The van der Waals surface area contributed by atoms with Crippen LogP contribution in [0.25, 0.3) is 33.9 Å². The first kappa shape index (κ1) is 26.9. The van der Waals surface area contributed by atoms with Crippen molar-refractivity contribution in [2.45, 2.75) is 57.7 Å². The third kappa shape index (κ3) is 5.52. The number of aromatic amines is 1. The van der Waals surface area contributed by atoms with Gasteiger partial charge in [0, 0.05) is 17.1 Å². The van der Waals surface area contributed by atoms with Gasteiger partial charge >= 0.3 is 0 Å². The lowest BCUT2D eigenvalue weighted by molar-refractivity contribution is 0.0915. The molecule has 210 valence electrons. The van der Waals surface area contributed by atoms with Crippen molar-refractivity contribution in [3.8, 4) is 28.7 Å². The Bertz CT molecular complexity index is 1700. The predicted molar refractivity (Wildman–Crippen MR) is 154 cm³/mol. The van der Waals surface area contributed by atoms with Gasteiger partial charge in [-0.15, -0.1) is 0 Å². The van der Waals surface area contributed by atoms with Gasteiger partial charge in [-0.1, -0.05) is 23.7 Å². The van der Waals surface area contributed by atoms with Gasteiger partial charge in [0.05, 0.1) is 28.9 Å². The van der Waals surface area contributed by atoms with E-state index in [2.05, 4.69) is 30.0 Å². The Morgan fingerprint density at radius 1 is 1.17 bits per heavy atom. The number of hydrogen-bond donors (Lipinski definition) is 2. The molecular weight excluding hydrogens is 545 g/mol. The Hall–Kier alpha value is -4.31. The molecule has 5 aromatic rings. The maximum absolute atomic E-state index is 15.1. The van der Waals surface area contributed by atoms with Crippen molar-refractivity contribution in [3.05, 3.63) is 77.5 Å². The van der Waals surface area contributed by atoms with Crippen molar-refractivity contribution < 1.29 is 13.9 Å². The molecule has 0 spiro atoms. The highest BCUT2D eigenvalue weighted by Gasteiger charge is 2.30. The number of hydrogen-bond acceptors (Lipinski definition) is 6. The number of benzene rings is 2. The molecule has 1 aliphatic rings. The van der Waals surface area contributed by atoms with Crippen molar-refractivity contribution in [2.75, 3.05) is 0 Å². The van der Waals surface area contributed by atoms with Gasteiger partial charge in [-0.2, -0.15) is 5.10 Å². The van der Waals surface area contributed by atoms with E-state index < -0.39 is 0 Å². The number of amides is 1. The lowest BCUT2D eigenvalue weighted by atomic mass is 9.90. The number of halogens is 2. The molecule has 0 radical (unpaired) electrons. The maximum Gasteiger partial charge on any atom is 0.255 e. The summed E-state index contributed by atoms with van der Waals surface area (Å²) in [4.78, 5) is 27.0. The molecule has 11 heteroatoms. The summed E-state index contributed by atoms with van der Waals surface area (Å²) in [6, 6.07) is 13.4. The van der Waals surface area contributed by atoms with Crippen LogP contribution in [-0.4, -0.2) is 47.8 Å². The molecule has 1 saturated carbocycles. The molecule has 2 atom stereocenters. The molecule has 3 heterocycles. The van der Waals surface area contributed by atoms with Crippen LogP contribution < -0.4 is 10.1 Å². The minimum Gasteiger partial charge on any atom is -0.490 e. The van der Waals surface area contributed by atoms with Crippen molar-refractivity contribution in [3.63, 3.8) is 0 Å². The van der Waals surface area contributed by atoms with Crippen LogP contribution in [0.5, 0.6) is 5.75 Å². The Kier molecular flexibility index (Phi) is 7.40. The van der Waals surface area contributed by atoms with Gasteiger partial charge < -0.3 is 14.6 Å². The monoisotopic (exact) mass is 573 g/mol. The average molecular weight is 574 g/mol. The molecule has 2 aromatic carbocycles. The zero-order chi connectivity index (χ0) is 28.5. The summed E-state index contributed by atoms with van der Waals surface area (Å²) >= 11 is 6.23. The third-order valence-corrected chi connectivity index (χ3v) is 7.48. The van der Waals surface area contributed by atoms with Gasteiger partial charge in [-0.05, 0) is 75.9 Å². The zero-order valence-electron chi connectivity index (χ0n) is 22.6. The molecule has 41 heavy (non-hydrogen) atoms. The zero-order valence-corrected chi connectivity index (χ0v) is 23.4. The number of H-pyrrole nitrogens is 1. The van der Waals surface area contributed by atoms with Crippen LogP contribution in [0.15, 0.2) is 61.1 Å². The molecule has 6 rings (SSSR count). The van der Waals surface area contributed by atoms with Crippen LogP contribution in [0.3, 0.4) is 0 Å². The van der Waals surface area contributed by atoms with E-state index in [1.807, 2.05) is 19.9 Å². The number of fused-ring (bicyclic) bond motifs is 1. The van der Waals surface area contributed by atoms with E-state index in [1.54, 1.807) is 42.6 Å². The molecule has 3 aromatic heterocycles. The van der Waals surface area contributed by atoms with E-state index in [9.17, 15) is 4.79 Å². The topological polar surface area (TPSA) is 111 Å². The molecule has 1 fully saturated rings. The summed E-state index contributed by atoms with van der Waals surface area (Å²) < 4.78 is 23.0. The smallest absolute Gasteiger partial charge is 0.255 e. The van der Waals surface area contributed by atoms with E-state index in [4.69, 9.17) is 21.3 Å². The number of pyridine rings is 1. The fraction of sp³-hybridized carbons (Fsp3) is 0.300. The van der Waals surface area contributed by atoms with Gasteiger partial charge in [-0.3, -0.25) is 14.9 Å². The maximum atomic E-state index is 15.1. The molecule has 0 unspecified atom stereocenters.